The highest BCUT2D eigenvalue weighted by Crippen LogP contribution is 2.25. The van der Waals surface area contributed by atoms with Crippen molar-refractivity contribution >= 4 is 5.69 Å². The fourth-order valence-corrected chi connectivity index (χ4v) is 1.87. The summed E-state index contributed by atoms with van der Waals surface area (Å²) in [6.07, 6.45) is 5.52. The molecule has 0 radical (unpaired) electrons. The largest absolute Gasteiger partial charge is 0.492 e. The van der Waals surface area contributed by atoms with Crippen LogP contribution in [0.3, 0.4) is 0 Å². The first-order chi connectivity index (χ1) is 10.2. The van der Waals surface area contributed by atoms with Crippen LogP contribution in [0, 0.1) is 10.1 Å². The lowest BCUT2D eigenvalue weighted by molar-refractivity contribution is -0.384. The van der Waals surface area contributed by atoms with E-state index < -0.39 is 4.92 Å². The number of methoxy groups -OCH3 is 1. The number of hydrogen-bond donors (Lipinski definition) is 0. The number of allylic oxidation sites excluding steroid dienone is 3. The van der Waals surface area contributed by atoms with Gasteiger partial charge in [-0.3, -0.25) is 10.1 Å². The number of rotatable bonds is 7. The lowest BCUT2D eigenvalue weighted by Gasteiger charge is -2.17. The molecule has 0 bridgehead atoms. The highest BCUT2D eigenvalue weighted by atomic mass is 16.6. The molecule has 0 atom stereocenters. The lowest BCUT2D eigenvalue weighted by Crippen LogP contribution is -2.08. The van der Waals surface area contributed by atoms with E-state index in [4.69, 9.17) is 14.2 Å². The van der Waals surface area contributed by atoms with Crippen LogP contribution in [0.4, 0.5) is 5.69 Å². The number of nitro benzene ring substituents is 1. The Labute approximate surface area is 122 Å². The maximum absolute atomic E-state index is 10.6. The monoisotopic (exact) mass is 291 g/mol. The van der Waals surface area contributed by atoms with Gasteiger partial charge in [0, 0.05) is 25.7 Å². The van der Waals surface area contributed by atoms with E-state index in [1.807, 2.05) is 12.2 Å². The zero-order valence-electron chi connectivity index (χ0n) is 11.8. The van der Waals surface area contributed by atoms with E-state index in [-0.39, 0.29) is 5.69 Å². The topological polar surface area (TPSA) is 70.8 Å². The van der Waals surface area contributed by atoms with Crippen molar-refractivity contribution in [2.75, 3.05) is 20.3 Å². The molecule has 6 nitrogen and oxygen atoms in total. The minimum absolute atomic E-state index is 0.0343. The predicted molar refractivity (Wildman–Crippen MR) is 77.0 cm³/mol. The fraction of sp³-hybridized carbons (Fsp3) is 0.333. The number of nitro groups is 1. The summed E-state index contributed by atoms with van der Waals surface area (Å²) in [6, 6.07) is 5.96. The van der Waals surface area contributed by atoms with Crippen LogP contribution in [0.2, 0.25) is 0 Å². The second-order valence-corrected chi connectivity index (χ2v) is 4.42. The summed E-state index contributed by atoms with van der Waals surface area (Å²) >= 11 is 0. The van der Waals surface area contributed by atoms with E-state index >= 15 is 0 Å². The molecule has 0 N–H and O–H groups in total. The van der Waals surface area contributed by atoms with Gasteiger partial charge in [0.05, 0.1) is 11.5 Å². The van der Waals surface area contributed by atoms with Crippen LogP contribution in [-0.4, -0.2) is 25.2 Å². The van der Waals surface area contributed by atoms with Crippen molar-refractivity contribution in [3.63, 3.8) is 0 Å². The zero-order chi connectivity index (χ0) is 15.1. The molecule has 2 rings (SSSR count). The van der Waals surface area contributed by atoms with Crippen molar-refractivity contribution in [3.05, 3.63) is 58.1 Å². The Morgan fingerprint density at radius 1 is 1.24 bits per heavy atom. The Balaban J connectivity index is 2.07. The van der Waals surface area contributed by atoms with Crippen molar-refractivity contribution in [3.8, 4) is 5.75 Å². The van der Waals surface area contributed by atoms with Crippen molar-refractivity contribution in [1.82, 2.24) is 0 Å². The third-order valence-corrected chi connectivity index (χ3v) is 2.92. The van der Waals surface area contributed by atoms with Gasteiger partial charge in [-0.05, 0) is 24.6 Å². The van der Waals surface area contributed by atoms with Crippen molar-refractivity contribution in [1.29, 1.82) is 0 Å². The standard InChI is InChI=1S/C15H17NO5/c1-19-10-11-20-14-4-2-3-5-15(14)21-13-8-6-12(7-9-13)16(17)18/h3,5-9H,2,4,10-11H2,1H3. The Morgan fingerprint density at radius 2 is 2.00 bits per heavy atom. The summed E-state index contributed by atoms with van der Waals surface area (Å²) < 4.78 is 16.3. The van der Waals surface area contributed by atoms with Crippen LogP contribution in [0.15, 0.2) is 47.9 Å². The van der Waals surface area contributed by atoms with Crippen LogP contribution >= 0.6 is 0 Å². The maximum atomic E-state index is 10.6. The Bertz CT molecular complexity index is 548. The maximum Gasteiger partial charge on any atom is 0.269 e. The molecule has 1 aromatic carbocycles. The van der Waals surface area contributed by atoms with Crippen LogP contribution in [0.1, 0.15) is 12.8 Å². The van der Waals surface area contributed by atoms with E-state index in [2.05, 4.69) is 0 Å². The minimum atomic E-state index is -0.442. The van der Waals surface area contributed by atoms with Gasteiger partial charge in [-0.15, -0.1) is 0 Å². The van der Waals surface area contributed by atoms with E-state index in [9.17, 15) is 10.1 Å². The third kappa shape index (κ3) is 4.32. The molecule has 21 heavy (non-hydrogen) atoms. The van der Waals surface area contributed by atoms with Crippen molar-refractivity contribution in [2.24, 2.45) is 0 Å². The van der Waals surface area contributed by atoms with Crippen molar-refractivity contribution in [2.45, 2.75) is 12.8 Å². The summed E-state index contributed by atoms with van der Waals surface area (Å²) in [5.41, 5.74) is 0.0343. The molecular weight excluding hydrogens is 274 g/mol. The Hall–Kier alpha value is -2.34. The fourth-order valence-electron chi connectivity index (χ4n) is 1.87. The minimum Gasteiger partial charge on any atom is -0.492 e. The van der Waals surface area contributed by atoms with E-state index in [1.54, 1.807) is 19.2 Å². The van der Waals surface area contributed by atoms with Crippen LogP contribution < -0.4 is 4.74 Å². The van der Waals surface area contributed by atoms with Gasteiger partial charge in [0.25, 0.3) is 5.69 Å². The molecule has 1 aliphatic carbocycles. The average molecular weight is 291 g/mol. The predicted octanol–water partition coefficient (Wildman–Crippen LogP) is 3.20. The smallest absolute Gasteiger partial charge is 0.269 e. The summed E-state index contributed by atoms with van der Waals surface area (Å²) in [6.45, 7) is 0.977. The Kier molecular flexibility index (Phi) is 5.34. The summed E-state index contributed by atoms with van der Waals surface area (Å²) in [5.74, 6) is 1.94. The van der Waals surface area contributed by atoms with Crippen molar-refractivity contribution < 1.29 is 19.1 Å². The van der Waals surface area contributed by atoms with Gasteiger partial charge < -0.3 is 14.2 Å². The molecule has 0 saturated carbocycles. The first-order valence-corrected chi connectivity index (χ1v) is 6.64. The molecule has 6 heteroatoms. The molecule has 0 aliphatic heterocycles. The highest BCUT2D eigenvalue weighted by Gasteiger charge is 2.13. The number of ether oxygens (including phenoxy) is 3. The molecule has 0 heterocycles. The van der Waals surface area contributed by atoms with Gasteiger partial charge >= 0.3 is 0 Å². The SMILES string of the molecule is COCCOC1=C(Oc2ccc([N+](=O)[O-])cc2)C=CCC1. The second kappa shape index (κ2) is 7.44. The molecule has 0 amide bonds. The first-order valence-electron chi connectivity index (χ1n) is 6.64. The average Bonchev–Trinajstić information content (AvgIpc) is 2.50. The lowest BCUT2D eigenvalue weighted by atomic mass is 10.1. The van der Waals surface area contributed by atoms with Crippen LogP contribution in [-0.2, 0) is 9.47 Å². The van der Waals surface area contributed by atoms with Gasteiger partial charge in [0.15, 0.2) is 5.76 Å². The van der Waals surface area contributed by atoms with Crippen LogP contribution in [0.25, 0.3) is 0 Å². The summed E-state index contributed by atoms with van der Waals surface area (Å²) in [4.78, 5) is 10.2. The third-order valence-electron chi connectivity index (χ3n) is 2.92. The zero-order valence-corrected chi connectivity index (χ0v) is 11.8. The van der Waals surface area contributed by atoms with Crippen LogP contribution in [0.5, 0.6) is 5.75 Å². The summed E-state index contributed by atoms with van der Waals surface area (Å²) in [7, 11) is 1.62. The first kappa shape index (κ1) is 15.1. The molecule has 0 fully saturated rings. The molecule has 0 unspecified atom stereocenters. The molecular formula is C15H17NO5. The van der Waals surface area contributed by atoms with E-state index in [1.165, 1.54) is 12.1 Å². The number of nitrogens with zero attached hydrogens (tertiary/aromatic N) is 1. The molecule has 0 spiro atoms. The van der Waals surface area contributed by atoms with E-state index in [0.717, 1.165) is 18.6 Å². The normalized spacial score (nSPS) is 14.1. The quantitative estimate of drug-likeness (QED) is 0.438. The van der Waals surface area contributed by atoms with Gasteiger partial charge in [-0.2, -0.15) is 0 Å². The van der Waals surface area contributed by atoms with Gasteiger partial charge in [-0.25, -0.2) is 0 Å². The second-order valence-electron chi connectivity index (χ2n) is 4.42. The molecule has 112 valence electrons. The van der Waals surface area contributed by atoms with Gasteiger partial charge in [0.1, 0.15) is 18.1 Å². The van der Waals surface area contributed by atoms with Gasteiger partial charge in [0.2, 0.25) is 0 Å². The summed E-state index contributed by atoms with van der Waals surface area (Å²) in [5, 5.41) is 10.6. The molecule has 1 aliphatic rings. The Morgan fingerprint density at radius 3 is 2.67 bits per heavy atom. The van der Waals surface area contributed by atoms with E-state index in [0.29, 0.717) is 24.7 Å². The number of hydrogen-bond acceptors (Lipinski definition) is 5. The molecule has 0 aromatic heterocycles. The van der Waals surface area contributed by atoms with Gasteiger partial charge in [-0.1, -0.05) is 6.08 Å². The number of non-ortho nitro benzene ring substituents is 1. The molecule has 1 aromatic rings. The number of benzene rings is 1. The highest BCUT2D eigenvalue weighted by molar-refractivity contribution is 5.38. The molecule has 0 saturated heterocycles.